The van der Waals surface area contributed by atoms with Gasteiger partial charge in [-0.3, -0.25) is 28.7 Å². The maximum atomic E-state index is 12.9. The molecule has 4 aromatic rings. The Balaban J connectivity index is 1.66. The summed E-state index contributed by atoms with van der Waals surface area (Å²) in [7, 11) is 0. The van der Waals surface area contributed by atoms with Crippen molar-refractivity contribution >= 4 is 57.3 Å². The second-order valence-corrected chi connectivity index (χ2v) is 8.73. The molecule has 1 amide bonds. The van der Waals surface area contributed by atoms with Gasteiger partial charge in [-0.1, -0.05) is 41.6 Å². The number of non-ortho nitro benzene ring substituents is 1. The Hall–Kier alpha value is -3.70. The van der Waals surface area contributed by atoms with Crippen LogP contribution in [0.2, 0.25) is 5.02 Å². The Morgan fingerprint density at radius 3 is 2.79 bits per heavy atom. The fourth-order valence-electron chi connectivity index (χ4n) is 3.27. The van der Waals surface area contributed by atoms with Crippen molar-refractivity contribution in [2.24, 2.45) is 0 Å². The van der Waals surface area contributed by atoms with Crippen molar-refractivity contribution in [3.8, 4) is 0 Å². The highest BCUT2D eigenvalue weighted by Crippen LogP contribution is 2.29. The number of para-hydroxylation sites is 1. The van der Waals surface area contributed by atoms with E-state index in [-0.39, 0.29) is 34.4 Å². The van der Waals surface area contributed by atoms with Gasteiger partial charge in [-0.25, -0.2) is 0 Å². The van der Waals surface area contributed by atoms with Gasteiger partial charge >= 0.3 is 0 Å². The smallest absolute Gasteiger partial charge is 0.271 e. The number of aromatic nitrogens is 4. The highest BCUT2D eigenvalue weighted by Gasteiger charge is 2.22. The first kappa shape index (κ1) is 22.5. The quantitative estimate of drug-likeness (QED) is 0.182. The summed E-state index contributed by atoms with van der Waals surface area (Å²) in [5, 5.41) is 22.3. The predicted octanol–water partition coefficient (Wildman–Crippen LogP) is 3.91. The van der Waals surface area contributed by atoms with E-state index < -0.39 is 10.2 Å². The van der Waals surface area contributed by atoms with Crippen molar-refractivity contribution in [2.75, 3.05) is 5.32 Å². The lowest BCUT2D eigenvalue weighted by Crippen LogP contribution is -2.24. The van der Waals surface area contributed by atoms with Crippen molar-refractivity contribution in [3.05, 3.63) is 80.6 Å². The Labute approximate surface area is 196 Å². The molecule has 2 heterocycles. The first-order valence-electron chi connectivity index (χ1n) is 9.71. The molecule has 4 rings (SSSR count). The van der Waals surface area contributed by atoms with Crippen LogP contribution in [0.3, 0.4) is 0 Å². The van der Waals surface area contributed by atoms with Crippen LogP contribution in [0.15, 0.2) is 65.1 Å². The largest absolute Gasteiger partial charge is 0.324 e. The molecule has 1 unspecified atom stereocenters. The first-order valence-corrected chi connectivity index (χ1v) is 11.0. The number of allylic oxidation sites excluding steroid dienone is 1. The minimum atomic E-state index is -0.623. The molecule has 0 aliphatic rings. The maximum Gasteiger partial charge on any atom is 0.271 e. The molecular formula is C21H17ClN6O4S. The van der Waals surface area contributed by atoms with Crippen LogP contribution in [-0.2, 0) is 11.3 Å². The molecule has 0 fully saturated rings. The molecule has 0 bridgehead atoms. The number of benzene rings is 2. The van der Waals surface area contributed by atoms with Gasteiger partial charge in [0.1, 0.15) is 0 Å². The fraction of sp³-hybridized carbons (Fsp3) is 0.143. The van der Waals surface area contributed by atoms with Gasteiger partial charge in [0.05, 0.1) is 31.8 Å². The Bertz CT molecular complexity index is 1480. The number of carbonyl (C=O) groups is 1. The zero-order chi connectivity index (χ0) is 23.7. The van der Waals surface area contributed by atoms with Gasteiger partial charge in [-0.05, 0) is 25.1 Å². The van der Waals surface area contributed by atoms with E-state index in [2.05, 4.69) is 22.1 Å². The number of nitrogens with one attached hydrogen (secondary N) is 1. The molecule has 1 N–H and O–H groups in total. The molecule has 12 heteroatoms. The highest BCUT2D eigenvalue weighted by atomic mass is 35.5. The van der Waals surface area contributed by atoms with Crippen LogP contribution in [0, 0.1) is 10.1 Å². The summed E-state index contributed by atoms with van der Waals surface area (Å²) in [6.45, 7) is 5.64. The Morgan fingerprint density at radius 2 is 2.09 bits per heavy atom. The summed E-state index contributed by atoms with van der Waals surface area (Å²) in [6.07, 6.45) is 1.60. The van der Waals surface area contributed by atoms with E-state index >= 15 is 0 Å². The summed E-state index contributed by atoms with van der Waals surface area (Å²) in [6, 6.07) is 10.9. The van der Waals surface area contributed by atoms with Crippen molar-refractivity contribution in [3.63, 3.8) is 0 Å². The minimum Gasteiger partial charge on any atom is -0.324 e. The third kappa shape index (κ3) is 4.20. The number of carbonyl (C=O) groups excluding carboxylic acids is 1. The third-order valence-electron chi connectivity index (χ3n) is 4.86. The lowest BCUT2D eigenvalue weighted by atomic mass is 10.2. The minimum absolute atomic E-state index is 0.0575. The molecule has 0 saturated heterocycles. The van der Waals surface area contributed by atoms with E-state index in [4.69, 9.17) is 11.6 Å². The Morgan fingerprint density at radius 1 is 1.33 bits per heavy atom. The number of hydrogen-bond acceptors (Lipinski definition) is 7. The van der Waals surface area contributed by atoms with Crippen LogP contribution in [0.4, 0.5) is 11.4 Å². The number of nitrogens with zero attached hydrogens (tertiary/aromatic N) is 5. The molecule has 1 atom stereocenters. The normalized spacial score (nSPS) is 12.1. The van der Waals surface area contributed by atoms with Crippen molar-refractivity contribution in [2.45, 2.75) is 23.9 Å². The molecule has 0 spiro atoms. The van der Waals surface area contributed by atoms with Crippen LogP contribution in [-0.4, -0.2) is 35.2 Å². The second kappa shape index (κ2) is 9.04. The van der Waals surface area contributed by atoms with Gasteiger partial charge in [0, 0.05) is 18.7 Å². The maximum absolute atomic E-state index is 12.9. The summed E-state index contributed by atoms with van der Waals surface area (Å²) < 4.78 is 3.20. The summed E-state index contributed by atoms with van der Waals surface area (Å²) in [5.41, 5.74) is 0.501. The van der Waals surface area contributed by atoms with E-state index in [0.29, 0.717) is 21.8 Å². The zero-order valence-corrected chi connectivity index (χ0v) is 18.8. The van der Waals surface area contributed by atoms with Gasteiger partial charge in [0.15, 0.2) is 5.16 Å². The van der Waals surface area contributed by atoms with E-state index in [9.17, 15) is 19.7 Å². The molecule has 168 valence electrons. The highest BCUT2D eigenvalue weighted by molar-refractivity contribution is 8.00. The van der Waals surface area contributed by atoms with Gasteiger partial charge in [0.2, 0.25) is 11.7 Å². The molecular weight excluding hydrogens is 468 g/mol. The monoisotopic (exact) mass is 484 g/mol. The molecule has 0 aliphatic carbocycles. The summed E-state index contributed by atoms with van der Waals surface area (Å²) in [4.78, 5) is 36.0. The average Bonchev–Trinajstić information content (AvgIpc) is 3.21. The number of nitro groups is 1. The van der Waals surface area contributed by atoms with E-state index in [1.165, 1.54) is 22.8 Å². The fourth-order valence-corrected chi connectivity index (χ4v) is 4.35. The molecule has 2 aromatic heterocycles. The zero-order valence-electron chi connectivity index (χ0n) is 17.3. The lowest BCUT2D eigenvalue weighted by molar-refractivity contribution is -0.384. The second-order valence-electron chi connectivity index (χ2n) is 7.01. The van der Waals surface area contributed by atoms with Crippen LogP contribution >= 0.6 is 23.4 Å². The molecule has 0 radical (unpaired) electrons. The van der Waals surface area contributed by atoms with Crippen LogP contribution < -0.4 is 10.9 Å². The lowest BCUT2D eigenvalue weighted by Gasteiger charge is -2.13. The molecule has 0 aliphatic heterocycles. The first-order chi connectivity index (χ1) is 15.8. The van der Waals surface area contributed by atoms with Gasteiger partial charge in [0.25, 0.3) is 11.2 Å². The van der Waals surface area contributed by atoms with Gasteiger partial charge in [-0.15, -0.1) is 16.8 Å². The molecule has 33 heavy (non-hydrogen) atoms. The number of amides is 1. The van der Waals surface area contributed by atoms with Crippen LogP contribution in [0.1, 0.15) is 6.92 Å². The van der Waals surface area contributed by atoms with Crippen molar-refractivity contribution in [1.82, 2.24) is 19.2 Å². The Kier molecular flexibility index (Phi) is 6.16. The van der Waals surface area contributed by atoms with E-state index in [1.54, 1.807) is 41.7 Å². The van der Waals surface area contributed by atoms with Crippen molar-refractivity contribution < 1.29 is 9.72 Å². The van der Waals surface area contributed by atoms with E-state index in [0.717, 1.165) is 11.8 Å². The number of nitro benzene ring substituents is 1. The number of fused-ring (bicyclic) bond motifs is 3. The number of thioether (sulfide) groups is 1. The average molecular weight is 485 g/mol. The molecule has 10 nitrogen and oxygen atoms in total. The molecule has 2 aromatic carbocycles. The number of anilines is 1. The summed E-state index contributed by atoms with van der Waals surface area (Å²) in [5.74, 6) is -0.0386. The van der Waals surface area contributed by atoms with Crippen LogP contribution in [0.25, 0.3) is 16.7 Å². The van der Waals surface area contributed by atoms with Gasteiger partial charge < -0.3 is 5.32 Å². The van der Waals surface area contributed by atoms with E-state index in [1.807, 2.05) is 0 Å². The third-order valence-corrected chi connectivity index (χ3v) is 6.22. The predicted molar refractivity (Wildman–Crippen MR) is 127 cm³/mol. The number of hydrogen-bond donors (Lipinski definition) is 1. The van der Waals surface area contributed by atoms with Gasteiger partial charge in [-0.2, -0.15) is 0 Å². The topological polar surface area (TPSA) is 124 Å². The number of rotatable bonds is 7. The molecule has 0 saturated carbocycles. The summed E-state index contributed by atoms with van der Waals surface area (Å²) >= 11 is 7.23. The number of halogens is 1. The standard InChI is InChI=1S/C21H17ClN6O4S/c1-3-10-26-19(30)14-6-4-5-7-17(14)27-20(26)24-25-21(27)33-12(2)18(29)23-16-9-8-13(28(31)32)11-15(16)22/h3-9,11-12H,1,10H2,2H3,(H,23,29). The SMILES string of the molecule is C=CCn1c(=O)c2ccccc2n2c(SC(C)C(=O)Nc3ccc([N+](=O)[O-])cc3Cl)nnc12. The van der Waals surface area contributed by atoms with Crippen molar-refractivity contribution in [1.29, 1.82) is 0 Å². The van der Waals surface area contributed by atoms with Crippen LogP contribution in [0.5, 0.6) is 0 Å².